The van der Waals surface area contributed by atoms with Crippen LogP contribution in [-0.4, -0.2) is 29.5 Å². The van der Waals surface area contributed by atoms with Crippen LogP contribution in [0.25, 0.3) is 10.8 Å². The highest BCUT2D eigenvalue weighted by Gasteiger charge is 2.18. The van der Waals surface area contributed by atoms with E-state index in [1.807, 2.05) is 49.4 Å². The first-order valence-corrected chi connectivity index (χ1v) is 9.73. The molecule has 7 N–H and O–H groups in total. The number of benzene rings is 3. The van der Waals surface area contributed by atoms with Crippen molar-refractivity contribution in [1.29, 1.82) is 0 Å². The van der Waals surface area contributed by atoms with Gasteiger partial charge in [-0.05, 0) is 41.0 Å². The van der Waals surface area contributed by atoms with Crippen molar-refractivity contribution in [2.75, 3.05) is 11.9 Å². The van der Waals surface area contributed by atoms with Gasteiger partial charge in [-0.3, -0.25) is 9.59 Å². The number of nitrogens with one attached hydrogen (secondary N) is 2. The number of hydrogen-bond acceptors (Lipinski definition) is 5. The smallest absolute Gasteiger partial charge is 0.252 e. The van der Waals surface area contributed by atoms with Gasteiger partial charge in [0.15, 0.2) is 0 Å². The molecule has 3 aromatic rings. The molecule has 0 saturated heterocycles. The van der Waals surface area contributed by atoms with E-state index < -0.39 is 11.9 Å². The van der Waals surface area contributed by atoms with Crippen LogP contribution in [0.2, 0.25) is 0 Å². The SMILES string of the molecule is C[C@@H](NC(=O)c1cc(NC(=O)[C@@H](N)CN)ccc1CO)c1cccc2ccccc12. The first-order valence-electron chi connectivity index (χ1n) is 9.73. The van der Waals surface area contributed by atoms with E-state index in [2.05, 4.69) is 10.6 Å². The molecule has 0 aromatic heterocycles. The Morgan fingerprint density at radius 2 is 1.80 bits per heavy atom. The molecule has 0 unspecified atom stereocenters. The largest absolute Gasteiger partial charge is 0.392 e. The fraction of sp³-hybridized carbons (Fsp3) is 0.217. The third-order valence-electron chi connectivity index (χ3n) is 5.02. The van der Waals surface area contributed by atoms with E-state index in [0.29, 0.717) is 11.3 Å². The summed E-state index contributed by atoms with van der Waals surface area (Å²) in [5.74, 6) is -0.788. The predicted octanol–water partition coefficient (Wildman–Crippen LogP) is 2.05. The first-order chi connectivity index (χ1) is 14.4. The summed E-state index contributed by atoms with van der Waals surface area (Å²) in [5, 5.41) is 17.4. The topological polar surface area (TPSA) is 130 Å². The van der Waals surface area contributed by atoms with Gasteiger partial charge in [-0.2, -0.15) is 0 Å². The van der Waals surface area contributed by atoms with Gasteiger partial charge >= 0.3 is 0 Å². The minimum Gasteiger partial charge on any atom is -0.392 e. The van der Waals surface area contributed by atoms with Crippen molar-refractivity contribution in [2.24, 2.45) is 11.5 Å². The molecule has 0 spiro atoms. The highest BCUT2D eigenvalue weighted by molar-refractivity contribution is 6.00. The van der Waals surface area contributed by atoms with E-state index in [1.54, 1.807) is 12.1 Å². The van der Waals surface area contributed by atoms with Crippen molar-refractivity contribution in [3.63, 3.8) is 0 Å². The summed E-state index contributed by atoms with van der Waals surface area (Å²) in [6, 6.07) is 17.6. The van der Waals surface area contributed by atoms with Gasteiger partial charge in [0.25, 0.3) is 5.91 Å². The molecule has 7 nitrogen and oxygen atoms in total. The van der Waals surface area contributed by atoms with Crippen molar-refractivity contribution >= 4 is 28.3 Å². The monoisotopic (exact) mass is 406 g/mol. The Labute approximate surface area is 175 Å². The van der Waals surface area contributed by atoms with Crippen LogP contribution < -0.4 is 22.1 Å². The number of hydrogen-bond donors (Lipinski definition) is 5. The van der Waals surface area contributed by atoms with E-state index in [4.69, 9.17) is 11.5 Å². The Bertz CT molecular complexity index is 1060. The van der Waals surface area contributed by atoms with Crippen molar-refractivity contribution in [3.8, 4) is 0 Å². The van der Waals surface area contributed by atoms with Crippen molar-refractivity contribution in [3.05, 3.63) is 77.4 Å². The number of anilines is 1. The lowest BCUT2D eigenvalue weighted by atomic mass is 9.99. The number of aliphatic hydroxyl groups is 1. The number of carbonyl (C=O) groups is 2. The van der Waals surface area contributed by atoms with Crippen LogP contribution >= 0.6 is 0 Å². The number of nitrogens with two attached hydrogens (primary N) is 2. The second-order valence-corrected chi connectivity index (χ2v) is 7.13. The molecule has 0 bridgehead atoms. The molecule has 7 heteroatoms. The Hall–Kier alpha value is -3.26. The summed E-state index contributed by atoms with van der Waals surface area (Å²) in [7, 11) is 0. The Kier molecular flexibility index (Phi) is 6.79. The fourth-order valence-corrected chi connectivity index (χ4v) is 3.33. The second-order valence-electron chi connectivity index (χ2n) is 7.13. The number of carbonyl (C=O) groups excluding carboxylic acids is 2. The maximum Gasteiger partial charge on any atom is 0.252 e. The van der Waals surface area contributed by atoms with Crippen LogP contribution in [0.4, 0.5) is 5.69 Å². The molecule has 0 aliphatic carbocycles. The van der Waals surface area contributed by atoms with Crippen LogP contribution in [0.3, 0.4) is 0 Å². The lowest BCUT2D eigenvalue weighted by Gasteiger charge is -2.18. The zero-order chi connectivity index (χ0) is 21.7. The number of rotatable bonds is 7. The van der Waals surface area contributed by atoms with E-state index >= 15 is 0 Å². The third-order valence-corrected chi connectivity index (χ3v) is 5.02. The maximum absolute atomic E-state index is 13.0. The molecule has 2 amide bonds. The van der Waals surface area contributed by atoms with E-state index in [-0.39, 0.29) is 30.7 Å². The summed E-state index contributed by atoms with van der Waals surface area (Å²) in [4.78, 5) is 25.0. The molecular weight excluding hydrogens is 380 g/mol. The molecule has 0 heterocycles. The fourth-order valence-electron chi connectivity index (χ4n) is 3.33. The minimum absolute atomic E-state index is 0.0104. The highest BCUT2D eigenvalue weighted by Crippen LogP contribution is 2.25. The van der Waals surface area contributed by atoms with Crippen LogP contribution in [-0.2, 0) is 11.4 Å². The Morgan fingerprint density at radius 1 is 1.07 bits per heavy atom. The van der Waals surface area contributed by atoms with Gasteiger partial charge in [-0.1, -0.05) is 48.5 Å². The first kappa shape index (κ1) is 21.4. The van der Waals surface area contributed by atoms with Gasteiger partial charge in [-0.15, -0.1) is 0 Å². The molecule has 2 atom stereocenters. The maximum atomic E-state index is 13.0. The average molecular weight is 406 g/mol. The van der Waals surface area contributed by atoms with E-state index in [9.17, 15) is 14.7 Å². The molecule has 0 radical (unpaired) electrons. The molecule has 0 aliphatic heterocycles. The summed E-state index contributed by atoms with van der Waals surface area (Å²) in [6.07, 6.45) is 0. The standard InChI is InChI=1S/C23H26N4O3/c1-14(18-8-4-6-15-5-2-3-7-19(15)18)26-22(29)20-11-17(10-9-16(20)13-28)27-23(30)21(25)12-24/h2-11,14,21,28H,12-13,24-25H2,1H3,(H,26,29)(H,27,30)/t14-,21+/m1/s1. The van der Waals surface area contributed by atoms with Gasteiger partial charge in [0.1, 0.15) is 0 Å². The summed E-state index contributed by atoms with van der Waals surface area (Å²) >= 11 is 0. The minimum atomic E-state index is -0.842. The van der Waals surface area contributed by atoms with Gasteiger partial charge in [0, 0.05) is 17.8 Å². The number of amides is 2. The van der Waals surface area contributed by atoms with Crippen molar-refractivity contribution in [2.45, 2.75) is 25.6 Å². The summed E-state index contributed by atoms with van der Waals surface area (Å²) in [5.41, 5.74) is 13.2. The molecule has 3 rings (SSSR count). The van der Waals surface area contributed by atoms with E-state index in [0.717, 1.165) is 16.3 Å². The molecule has 156 valence electrons. The summed E-state index contributed by atoms with van der Waals surface area (Å²) in [6.45, 7) is 1.61. The van der Waals surface area contributed by atoms with Crippen LogP contribution in [0, 0.1) is 0 Å². The van der Waals surface area contributed by atoms with Gasteiger partial charge < -0.3 is 27.2 Å². The zero-order valence-corrected chi connectivity index (χ0v) is 16.8. The van der Waals surface area contributed by atoms with E-state index in [1.165, 1.54) is 6.07 Å². The van der Waals surface area contributed by atoms with Gasteiger partial charge in [0.2, 0.25) is 5.91 Å². The zero-order valence-electron chi connectivity index (χ0n) is 16.8. The lowest BCUT2D eigenvalue weighted by molar-refractivity contribution is -0.117. The van der Waals surface area contributed by atoms with Crippen LogP contribution in [0.5, 0.6) is 0 Å². The summed E-state index contributed by atoms with van der Waals surface area (Å²) < 4.78 is 0. The molecule has 30 heavy (non-hydrogen) atoms. The quantitative estimate of drug-likeness (QED) is 0.410. The Morgan fingerprint density at radius 3 is 2.53 bits per heavy atom. The highest BCUT2D eigenvalue weighted by atomic mass is 16.3. The molecule has 3 aromatic carbocycles. The van der Waals surface area contributed by atoms with Crippen LogP contribution in [0.1, 0.15) is 34.5 Å². The average Bonchev–Trinajstić information content (AvgIpc) is 2.77. The number of fused-ring (bicyclic) bond motifs is 1. The third kappa shape index (κ3) is 4.65. The lowest BCUT2D eigenvalue weighted by Crippen LogP contribution is -2.41. The predicted molar refractivity (Wildman–Crippen MR) is 118 cm³/mol. The Balaban J connectivity index is 1.84. The number of aliphatic hydroxyl groups excluding tert-OH is 1. The molecule has 0 fully saturated rings. The molecular formula is C23H26N4O3. The molecule has 0 saturated carbocycles. The van der Waals surface area contributed by atoms with Gasteiger partial charge in [-0.25, -0.2) is 0 Å². The van der Waals surface area contributed by atoms with Crippen molar-refractivity contribution < 1.29 is 14.7 Å². The normalized spacial score (nSPS) is 12.9. The molecule has 0 aliphatic rings. The van der Waals surface area contributed by atoms with Crippen molar-refractivity contribution in [1.82, 2.24) is 5.32 Å². The van der Waals surface area contributed by atoms with Gasteiger partial charge in [0.05, 0.1) is 18.7 Å². The second kappa shape index (κ2) is 9.49. The van der Waals surface area contributed by atoms with Crippen LogP contribution in [0.15, 0.2) is 60.7 Å².